The number of hydrogen-bond acceptors (Lipinski definition) is 0. The Morgan fingerprint density at radius 1 is 1.29 bits per heavy atom. The van der Waals surface area contributed by atoms with Gasteiger partial charge in [0.25, 0.3) is 0 Å². The Bertz CT molecular complexity index is 451. The Hall–Kier alpha value is -0.270. The van der Waals surface area contributed by atoms with E-state index in [-0.39, 0.29) is 16.3 Å². The Kier molecular flexibility index (Phi) is 6.37. The second kappa shape index (κ2) is 7.83. The minimum Gasteiger partial charge on any atom is -0.205 e. The largest absolute Gasteiger partial charge is 0.205 e. The van der Waals surface area contributed by atoms with E-state index in [1.165, 1.54) is 51.0 Å². The standard InChI is InChI=1S/C18H25Cl2F/c1-2-3-4-14-7-9-18(13-19,10-8-14)12-15-5-6-17(21)16(20)11-15/h5-6,11,14H,2-4,7-10,12-13H2,1H3. The van der Waals surface area contributed by atoms with Crippen LogP contribution in [0.1, 0.15) is 57.4 Å². The molecule has 0 atom stereocenters. The van der Waals surface area contributed by atoms with E-state index in [1.807, 2.05) is 6.07 Å². The first kappa shape index (κ1) is 17.1. The molecule has 0 N–H and O–H groups in total. The lowest BCUT2D eigenvalue weighted by Crippen LogP contribution is -2.31. The van der Waals surface area contributed by atoms with Gasteiger partial charge in [0, 0.05) is 5.88 Å². The smallest absolute Gasteiger partial charge is 0.141 e. The normalized spacial score (nSPS) is 26.0. The number of rotatable bonds is 6. The summed E-state index contributed by atoms with van der Waals surface area (Å²) >= 11 is 12.2. The molecule has 0 nitrogen and oxygen atoms in total. The predicted molar refractivity (Wildman–Crippen MR) is 89.8 cm³/mol. The Labute approximate surface area is 138 Å². The predicted octanol–water partition coefficient (Wildman–Crippen LogP) is 6.63. The molecule has 3 heteroatoms. The average molecular weight is 331 g/mol. The van der Waals surface area contributed by atoms with E-state index < -0.39 is 0 Å². The molecule has 21 heavy (non-hydrogen) atoms. The summed E-state index contributed by atoms with van der Waals surface area (Å²) in [6, 6.07) is 5.07. The van der Waals surface area contributed by atoms with Gasteiger partial charge in [-0.25, -0.2) is 4.39 Å². The Morgan fingerprint density at radius 3 is 2.57 bits per heavy atom. The molecule has 0 aromatic heterocycles. The van der Waals surface area contributed by atoms with Gasteiger partial charge in [-0.3, -0.25) is 0 Å². The summed E-state index contributed by atoms with van der Waals surface area (Å²) in [7, 11) is 0. The number of unbranched alkanes of at least 4 members (excludes halogenated alkanes) is 1. The van der Waals surface area contributed by atoms with Crippen LogP contribution in [0.15, 0.2) is 18.2 Å². The van der Waals surface area contributed by atoms with Crippen molar-refractivity contribution in [2.45, 2.75) is 58.3 Å². The summed E-state index contributed by atoms with van der Waals surface area (Å²) in [4.78, 5) is 0. The summed E-state index contributed by atoms with van der Waals surface area (Å²) < 4.78 is 13.3. The molecule has 1 aromatic carbocycles. The molecule has 1 aliphatic carbocycles. The van der Waals surface area contributed by atoms with Crippen LogP contribution in [-0.2, 0) is 6.42 Å². The molecule has 1 aromatic rings. The zero-order valence-corrected chi connectivity index (χ0v) is 14.3. The first-order valence-corrected chi connectivity index (χ1v) is 9.00. The van der Waals surface area contributed by atoms with Crippen LogP contribution < -0.4 is 0 Å². The number of halogens is 3. The van der Waals surface area contributed by atoms with Crippen molar-refractivity contribution in [3.63, 3.8) is 0 Å². The zero-order chi connectivity index (χ0) is 15.3. The van der Waals surface area contributed by atoms with Gasteiger partial charge in [0.15, 0.2) is 0 Å². The van der Waals surface area contributed by atoms with Crippen LogP contribution in [0, 0.1) is 17.2 Å². The van der Waals surface area contributed by atoms with Gasteiger partial charge in [-0.1, -0.05) is 43.9 Å². The number of hydrogen-bond donors (Lipinski definition) is 0. The van der Waals surface area contributed by atoms with Gasteiger partial charge in [0.1, 0.15) is 5.82 Å². The highest BCUT2D eigenvalue weighted by molar-refractivity contribution is 6.30. The van der Waals surface area contributed by atoms with E-state index in [4.69, 9.17) is 23.2 Å². The quantitative estimate of drug-likeness (QED) is 0.513. The van der Waals surface area contributed by atoms with Crippen molar-refractivity contribution in [1.29, 1.82) is 0 Å². The first-order valence-electron chi connectivity index (χ1n) is 8.08. The minimum absolute atomic E-state index is 0.172. The lowest BCUT2D eigenvalue weighted by molar-refractivity contribution is 0.166. The van der Waals surface area contributed by atoms with Gasteiger partial charge in [-0.15, -0.1) is 11.6 Å². The lowest BCUT2D eigenvalue weighted by atomic mass is 9.68. The van der Waals surface area contributed by atoms with Crippen molar-refractivity contribution in [1.82, 2.24) is 0 Å². The molecule has 1 fully saturated rings. The molecule has 0 spiro atoms. The fourth-order valence-corrected chi connectivity index (χ4v) is 4.08. The maximum absolute atomic E-state index is 13.3. The SMILES string of the molecule is CCCCC1CCC(CCl)(Cc2ccc(F)c(Cl)c2)CC1. The van der Waals surface area contributed by atoms with E-state index in [2.05, 4.69) is 6.92 Å². The molecule has 118 valence electrons. The van der Waals surface area contributed by atoms with E-state index >= 15 is 0 Å². The van der Waals surface area contributed by atoms with Gasteiger partial charge >= 0.3 is 0 Å². The van der Waals surface area contributed by atoms with Crippen LogP contribution >= 0.6 is 23.2 Å². The van der Waals surface area contributed by atoms with Crippen molar-refractivity contribution in [3.05, 3.63) is 34.6 Å². The van der Waals surface area contributed by atoms with Crippen LogP contribution in [0.5, 0.6) is 0 Å². The molecule has 1 aliphatic rings. The summed E-state index contributed by atoms with van der Waals surface area (Å²) in [5, 5.41) is 0.217. The zero-order valence-electron chi connectivity index (χ0n) is 12.8. The van der Waals surface area contributed by atoms with Crippen molar-refractivity contribution in [2.75, 3.05) is 5.88 Å². The molecule has 0 radical (unpaired) electrons. The number of alkyl halides is 1. The molecule has 0 aliphatic heterocycles. The lowest BCUT2D eigenvalue weighted by Gasteiger charge is -2.39. The van der Waals surface area contributed by atoms with E-state index in [0.29, 0.717) is 5.88 Å². The highest BCUT2D eigenvalue weighted by Gasteiger charge is 2.34. The molecular formula is C18H25Cl2F. The molecule has 0 heterocycles. The van der Waals surface area contributed by atoms with Crippen LogP contribution in [0.2, 0.25) is 5.02 Å². The third-order valence-electron chi connectivity index (χ3n) is 4.98. The van der Waals surface area contributed by atoms with Crippen molar-refractivity contribution in [2.24, 2.45) is 11.3 Å². The Balaban J connectivity index is 1.98. The summed E-state index contributed by atoms with van der Waals surface area (Å²) in [5.74, 6) is 1.21. The molecular weight excluding hydrogens is 306 g/mol. The molecule has 0 amide bonds. The maximum atomic E-state index is 13.3. The minimum atomic E-state index is -0.344. The second-order valence-electron chi connectivity index (χ2n) is 6.64. The fourth-order valence-electron chi connectivity index (χ4n) is 3.51. The number of benzene rings is 1. The molecule has 2 rings (SSSR count). The topological polar surface area (TPSA) is 0 Å². The van der Waals surface area contributed by atoms with Crippen LogP contribution in [0.25, 0.3) is 0 Å². The maximum Gasteiger partial charge on any atom is 0.141 e. The van der Waals surface area contributed by atoms with Gasteiger partial charge in [-0.05, 0) is 61.1 Å². The fraction of sp³-hybridized carbons (Fsp3) is 0.667. The molecule has 0 saturated heterocycles. The average Bonchev–Trinajstić information content (AvgIpc) is 2.50. The van der Waals surface area contributed by atoms with Crippen molar-refractivity contribution in [3.8, 4) is 0 Å². The van der Waals surface area contributed by atoms with Crippen molar-refractivity contribution >= 4 is 23.2 Å². The van der Waals surface area contributed by atoms with E-state index in [9.17, 15) is 4.39 Å². The molecule has 0 unspecified atom stereocenters. The van der Waals surface area contributed by atoms with Crippen molar-refractivity contribution < 1.29 is 4.39 Å². The first-order chi connectivity index (χ1) is 10.1. The highest BCUT2D eigenvalue weighted by atomic mass is 35.5. The van der Waals surface area contributed by atoms with Gasteiger partial charge in [-0.2, -0.15) is 0 Å². The van der Waals surface area contributed by atoms with Crippen LogP contribution in [0.4, 0.5) is 4.39 Å². The van der Waals surface area contributed by atoms with Gasteiger partial charge < -0.3 is 0 Å². The summed E-state index contributed by atoms with van der Waals surface area (Å²) in [5.41, 5.74) is 1.28. The van der Waals surface area contributed by atoms with E-state index in [1.54, 1.807) is 6.07 Å². The molecule has 0 bridgehead atoms. The van der Waals surface area contributed by atoms with Gasteiger partial charge in [0.2, 0.25) is 0 Å². The highest BCUT2D eigenvalue weighted by Crippen LogP contribution is 2.44. The summed E-state index contributed by atoms with van der Waals surface area (Å²) in [6.45, 7) is 2.25. The molecule has 1 saturated carbocycles. The van der Waals surface area contributed by atoms with Crippen LogP contribution in [0.3, 0.4) is 0 Å². The summed E-state index contributed by atoms with van der Waals surface area (Å²) in [6.07, 6.45) is 9.81. The van der Waals surface area contributed by atoms with Crippen LogP contribution in [-0.4, -0.2) is 5.88 Å². The van der Waals surface area contributed by atoms with E-state index in [0.717, 1.165) is 17.9 Å². The monoisotopic (exact) mass is 330 g/mol. The van der Waals surface area contributed by atoms with Gasteiger partial charge in [0.05, 0.1) is 5.02 Å². The third-order valence-corrected chi connectivity index (χ3v) is 5.83. The second-order valence-corrected chi connectivity index (χ2v) is 7.32. The third kappa shape index (κ3) is 4.60. The Morgan fingerprint density at radius 2 is 2.00 bits per heavy atom.